The first kappa shape index (κ1) is 12.8. The van der Waals surface area contributed by atoms with Gasteiger partial charge in [-0.25, -0.2) is 4.98 Å². The standard InChI is InChI=1S/C11H15N3OS/c1-2-5-9-8-10(15)14-11(13-9)16-7-4-3-6-12/h8H,2-5,7H2,1H3,(H,13,14,15). The number of aromatic amines is 1. The van der Waals surface area contributed by atoms with Crippen molar-refractivity contribution < 1.29 is 0 Å². The zero-order chi connectivity index (χ0) is 11.8. The summed E-state index contributed by atoms with van der Waals surface area (Å²) in [5, 5.41) is 9.05. The van der Waals surface area contributed by atoms with E-state index in [1.807, 2.05) is 0 Å². The van der Waals surface area contributed by atoms with Crippen LogP contribution in [0.15, 0.2) is 16.0 Å². The maximum Gasteiger partial charge on any atom is 0.251 e. The lowest BCUT2D eigenvalue weighted by molar-refractivity contribution is 0.814. The van der Waals surface area contributed by atoms with Gasteiger partial charge in [-0.1, -0.05) is 25.1 Å². The number of aryl methyl sites for hydroxylation is 1. The molecule has 0 bridgehead atoms. The topological polar surface area (TPSA) is 69.5 Å². The molecule has 5 heteroatoms. The van der Waals surface area contributed by atoms with E-state index in [0.29, 0.717) is 11.6 Å². The summed E-state index contributed by atoms with van der Waals surface area (Å²) in [4.78, 5) is 18.4. The SMILES string of the molecule is CCCc1cc(=O)[nH]c(SCCCC#N)n1. The first-order valence-electron chi connectivity index (χ1n) is 5.36. The molecule has 0 aliphatic rings. The molecule has 0 atom stereocenters. The van der Waals surface area contributed by atoms with E-state index < -0.39 is 0 Å². The highest BCUT2D eigenvalue weighted by atomic mass is 32.2. The Kier molecular flexibility index (Phi) is 5.65. The largest absolute Gasteiger partial charge is 0.301 e. The fourth-order valence-corrected chi connectivity index (χ4v) is 2.09. The molecule has 1 N–H and O–H groups in total. The van der Waals surface area contributed by atoms with E-state index in [1.165, 1.54) is 11.8 Å². The van der Waals surface area contributed by atoms with Gasteiger partial charge in [-0.2, -0.15) is 5.26 Å². The quantitative estimate of drug-likeness (QED) is 0.467. The summed E-state index contributed by atoms with van der Waals surface area (Å²) in [5.74, 6) is 0.812. The Labute approximate surface area is 99.1 Å². The Morgan fingerprint density at radius 3 is 3.12 bits per heavy atom. The molecule has 0 aliphatic heterocycles. The van der Waals surface area contributed by atoms with Crippen LogP contribution >= 0.6 is 11.8 Å². The second-order valence-corrected chi connectivity index (χ2v) is 4.49. The predicted octanol–water partition coefficient (Wildman–Crippen LogP) is 2.12. The molecule has 0 saturated heterocycles. The molecule has 1 rings (SSSR count). The van der Waals surface area contributed by atoms with E-state index in [0.717, 1.165) is 30.7 Å². The first-order valence-corrected chi connectivity index (χ1v) is 6.34. The number of nitrogens with one attached hydrogen (secondary N) is 1. The lowest BCUT2D eigenvalue weighted by atomic mass is 10.2. The zero-order valence-corrected chi connectivity index (χ0v) is 10.1. The molecular weight excluding hydrogens is 222 g/mol. The lowest BCUT2D eigenvalue weighted by Gasteiger charge is -2.02. The maximum atomic E-state index is 11.3. The number of rotatable bonds is 6. The van der Waals surface area contributed by atoms with Crippen molar-refractivity contribution in [1.29, 1.82) is 5.26 Å². The first-order chi connectivity index (χ1) is 7.76. The summed E-state index contributed by atoms with van der Waals surface area (Å²) >= 11 is 1.50. The number of unbranched alkanes of at least 4 members (excludes halogenated alkanes) is 1. The highest BCUT2D eigenvalue weighted by Crippen LogP contribution is 2.13. The van der Waals surface area contributed by atoms with Crippen LogP contribution < -0.4 is 5.56 Å². The van der Waals surface area contributed by atoms with E-state index in [2.05, 4.69) is 23.0 Å². The minimum atomic E-state index is -0.0961. The monoisotopic (exact) mass is 237 g/mol. The van der Waals surface area contributed by atoms with Crippen LogP contribution in [0.1, 0.15) is 31.9 Å². The molecule has 1 aromatic rings. The smallest absolute Gasteiger partial charge is 0.251 e. The molecule has 4 nitrogen and oxygen atoms in total. The van der Waals surface area contributed by atoms with E-state index in [1.54, 1.807) is 6.07 Å². The van der Waals surface area contributed by atoms with Crippen molar-refractivity contribution in [3.8, 4) is 6.07 Å². The molecule has 1 heterocycles. The average molecular weight is 237 g/mol. The van der Waals surface area contributed by atoms with Crippen LogP contribution in [-0.4, -0.2) is 15.7 Å². The number of nitriles is 1. The van der Waals surface area contributed by atoms with Gasteiger partial charge in [-0.3, -0.25) is 4.79 Å². The Morgan fingerprint density at radius 1 is 1.62 bits per heavy atom. The van der Waals surface area contributed by atoms with E-state index in [9.17, 15) is 4.79 Å². The predicted molar refractivity (Wildman–Crippen MR) is 64.4 cm³/mol. The lowest BCUT2D eigenvalue weighted by Crippen LogP contribution is -2.10. The highest BCUT2D eigenvalue weighted by molar-refractivity contribution is 7.99. The van der Waals surface area contributed by atoms with Gasteiger partial charge in [-0.05, 0) is 12.8 Å². The number of hydrogen-bond donors (Lipinski definition) is 1. The fraction of sp³-hybridized carbons (Fsp3) is 0.545. The number of H-pyrrole nitrogens is 1. The highest BCUT2D eigenvalue weighted by Gasteiger charge is 2.01. The minimum Gasteiger partial charge on any atom is -0.301 e. The molecule has 0 aromatic carbocycles. The molecule has 16 heavy (non-hydrogen) atoms. The van der Waals surface area contributed by atoms with Gasteiger partial charge in [0.25, 0.3) is 5.56 Å². The molecule has 0 spiro atoms. The van der Waals surface area contributed by atoms with Crippen LogP contribution in [0.4, 0.5) is 0 Å². The van der Waals surface area contributed by atoms with Crippen molar-refractivity contribution in [2.45, 2.75) is 37.8 Å². The third-order valence-corrected chi connectivity index (χ3v) is 2.91. The maximum absolute atomic E-state index is 11.3. The average Bonchev–Trinajstić information content (AvgIpc) is 2.24. The van der Waals surface area contributed by atoms with Crippen molar-refractivity contribution in [3.63, 3.8) is 0 Å². The van der Waals surface area contributed by atoms with Gasteiger partial charge in [0.2, 0.25) is 0 Å². The van der Waals surface area contributed by atoms with Gasteiger partial charge in [0.15, 0.2) is 5.16 Å². The molecular formula is C11H15N3OS. The summed E-state index contributed by atoms with van der Waals surface area (Å²) in [5.41, 5.74) is 0.746. The van der Waals surface area contributed by atoms with Crippen molar-refractivity contribution >= 4 is 11.8 Å². The number of hydrogen-bond acceptors (Lipinski definition) is 4. The second-order valence-electron chi connectivity index (χ2n) is 3.40. The van der Waals surface area contributed by atoms with Gasteiger partial charge in [-0.15, -0.1) is 0 Å². The minimum absolute atomic E-state index is 0.0961. The molecule has 0 fully saturated rings. The molecule has 0 unspecified atom stereocenters. The van der Waals surface area contributed by atoms with Crippen LogP contribution in [0.2, 0.25) is 0 Å². The number of thioether (sulfide) groups is 1. The molecule has 0 aliphatic carbocycles. The number of aromatic nitrogens is 2. The van der Waals surface area contributed by atoms with Crippen LogP contribution in [0, 0.1) is 11.3 Å². The summed E-state index contributed by atoms with van der Waals surface area (Å²) < 4.78 is 0. The Balaban J connectivity index is 2.59. The van der Waals surface area contributed by atoms with Crippen molar-refractivity contribution in [3.05, 3.63) is 22.1 Å². The van der Waals surface area contributed by atoms with Gasteiger partial charge >= 0.3 is 0 Å². The zero-order valence-electron chi connectivity index (χ0n) is 9.32. The molecule has 86 valence electrons. The van der Waals surface area contributed by atoms with Crippen LogP contribution in [0.3, 0.4) is 0 Å². The Hall–Kier alpha value is -1.28. The summed E-state index contributed by atoms with van der Waals surface area (Å²) in [6.45, 7) is 2.06. The second kappa shape index (κ2) is 7.07. The summed E-state index contributed by atoms with van der Waals surface area (Å²) in [6, 6.07) is 3.64. The normalized spacial score (nSPS) is 10.0. The molecule has 1 aromatic heterocycles. The Morgan fingerprint density at radius 2 is 2.44 bits per heavy atom. The van der Waals surface area contributed by atoms with Gasteiger partial charge in [0.05, 0.1) is 6.07 Å². The fourth-order valence-electron chi connectivity index (χ4n) is 1.26. The van der Waals surface area contributed by atoms with E-state index in [4.69, 9.17) is 5.26 Å². The van der Waals surface area contributed by atoms with E-state index >= 15 is 0 Å². The van der Waals surface area contributed by atoms with Crippen LogP contribution in [-0.2, 0) is 6.42 Å². The van der Waals surface area contributed by atoms with Crippen LogP contribution in [0.5, 0.6) is 0 Å². The van der Waals surface area contributed by atoms with Gasteiger partial charge in [0, 0.05) is 23.9 Å². The summed E-state index contributed by atoms with van der Waals surface area (Å²) in [6.07, 6.45) is 3.18. The number of nitrogens with zero attached hydrogens (tertiary/aromatic N) is 2. The third kappa shape index (κ3) is 4.49. The third-order valence-electron chi connectivity index (χ3n) is 1.95. The molecule has 0 amide bonds. The summed E-state index contributed by atoms with van der Waals surface area (Å²) in [7, 11) is 0. The van der Waals surface area contributed by atoms with Gasteiger partial charge in [0.1, 0.15) is 0 Å². The van der Waals surface area contributed by atoms with Crippen molar-refractivity contribution in [1.82, 2.24) is 9.97 Å². The van der Waals surface area contributed by atoms with Crippen molar-refractivity contribution in [2.75, 3.05) is 5.75 Å². The van der Waals surface area contributed by atoms with Crippen molar-refractivity contribution in [2.24, 2.45) is 0 Å². The Bertz CT molecular complexity index is 422. The van der Waals surface area contributed by atoms with E-state index in [-0.39, 0.29) is 5.56 Å². The molecule has 0 saturated carbocycles. The van der Waals surface area contributed by atoms with Gasteiger partial charge < -0.3 is 4.98 Å². The van der Waals surface area contributed by atoms with Crippen LogP contribution in [0.25, 0.3) is 0 Å². The molecule has 0 radical (unpaired) electrons.